The van der Waals surface area contributed by atoms with Gasteiger partial charge in [0.2, 0.25) is 11.4 Å². The van der Waals surface area contributed by atoms with Crippen molar-refractivity contribution in [2.45, 2.75) is 25.7 Å². The maximum Gasteiger partial charge on any atom is 0.258 e. The summed E-state index contributed by atoms with van der Waals surface area (Å²) < 4.78 is 2.78. The Morgan fingerprint density at radius 3 is 2.85 bits per heavy atom. The molecule has 1 aromatic carbocycles. The average Bonchev–Trinajstić information content (AvgIpc) is 3.37. The van der Waals surface area contributed by atoms with Crippen molar-refractivity contribution in [2.24, 2.45) is 5.92 Å². The highest BCUT2D eigenvalue weighted by Gasteiger charge is 2.24. The zero-order valence-electron chi connectivity index (χ0n) is 18.6. The lowest BCUT2D eigenvalue weighted by atomic mass is 10.2. The molecule has 0 unspecified atom stereocenters. The summed E-state index contributed by atoms with van der Waals surface area (Å²) in [5, 5.41) is 7.18. The molecule has 1 saturated carbocycles. The Hall–Kier alpha value is -2.75. The van der Waals surface area contributed by atoms with Gasteiger partial charge in [-0.2, -0.15) is 4.98 Å². The van der Waals surface area contributed by atoms with Crippen LogP contribution in [0.5, 0.6) is 0 Å². The normalized spacial score (nSPS) is 16.6. The minimum Gasteiger partial charge on any atom is -0.354 e. The summed E-state index contributed by atoms with van der Waals surface area (Å²) in [6.45, 7) is 4.22. The quantitative estimate of drug-likeness (QED) is 0.405. The number of carbonyl (C=O) groups is 1. The Bertz CT molecular complexity index is 1470. The van der Waals surface area contributed by atoms with Crippen LogP contribution < -0.4 is 16.1 Å². The van der Waals surface area contributed by atoms with Crippen molar-refractivity contribution in [1.82, 2.24) is 24.6 Å². The summed E-state index contributed by atoms with van der Waals surface area (Å²) in [6.07, 6.45) is 6.37. The summed E-state index contributed by atoms with van der Waals surface area (Å²) in [4.78, 5) is 38.8. The van der Waals surface area contributed by atoms with Crippen molar-refractivity contribution in [3.8, 4) is 0 Å². The van der Waals surface area contributed by atoms with Gasteiger partial charge in [0.15, 0.2) is 5.65 Å². The van der Waals surface area contributed by atoms with E-state index in [9.17, 15) is 9.59 Å². The second-order valence-electron chi connectivity index (χ2n) is 9.12. The molecule has 6 rings (SSSR count). The molecule has 2 fully saturated rings. The molecule has 3 aromatic heterocycles. The number of nitrogens with one attached hydrogen (secondary N) is 2. The number of benzene rings is 1. The molecular weight excluding hydrogens is 472 g/mol. The molecule has 8 nitrogen and oxygen atoms in total. The number of thiazole rings is 1. The number of fused-ring (bicyclic) bond motifs is 5. The number of amides is 1. The fourth-order valence-corrected chi connectivity index (χ4v) is 6.05. The van der Waals surface area contributed by atoms with E-state index < -0.39 is 0 Å². The second-order valence-corrected chi connectivity index (χ2v) is 10.6. The van der Waals surface area contributed by atoms with Crippen molar-refractivity contribution >= 4 is 60.9 Å². The Balaban J connectivity index is 1.46. The molecule has 0 bridgehead atoms. The Labute approximate surface area is 204 Å². The Morgan fingerprint density at radius 1 is 1.24 bits per heavy atom. The number of hydrogen-bond acceptors (Lipinski definition) is 7. The van der Waals surface area contributed by atoms with Gasteiger partial charge in [0, 0.05) is 30.9 Å². The van der Waals surface area contributed by atoms with Gasteiger partial charge in [-0.3, -0.25) is 14.0 Å². The van der Waals surface area contributed by atoms with E-state index in [1.165, 1.54) is 43.2 Å². The number of nitrogens with zero attached hydrogens (tertiary/aromatic N) is 4. The van der Waals surface area contributed by atoms with Gasteiger partial charge in [-0.15, -0.1) is 11.3 Å². The Kier molecular flexibility index (Phi) is 5.63. The first kappa shape index (κ1) is 21.8. The van der Waals surface area contributed by atoms with Crippen LogP contribution in [0.1, 0.15) is 36.0 Å². The molecule has 4 heterocycles. The van der Waals surface area contributed by atoms with Crippen LogP contribution in [0.15, 0.2) is 29.2 Å². The van der Waals surface area contributed by atoms with Crippen LogP contribution in [0.3, 0.4) is 0 Å². The number of aromatic nitrogens is 3. The van der Waals surface area contributed by atoms with Gasteiger partial charge < -0.3 is 15.5 Å². The van der Waals surface area contributed by atoms with Crippen molar-refractivity contribution in [3.05, 3.63) is 45.2 Å². The zero-order valence-corrected chi connectivity index (χ0v) is 20.2. The van der Waals surface area contributed by atoms with E-state index in [0.717, 1.165) is 36.4 Å². The third-order valence-corrected chi connectivity index (χ3v) is 7.99. The monoisotopic (exact) mass is 496 g/mol. The topological polar surface area (TPSA) is 91.6 Å². The van der Waals surface area contributed by atoms with E-state index >= 15 is 0 Å². The maximum absolute atomic E-state index is 13.5. The van der Waals surface area contributed by atoms with Crippen LogP contribution in [0.2, 0.25) is 5.02 Å². The van der Waals surface area contributed by atoms with Gasteiger partial charge in [0.25, 0.3) is 5.91 Å². The lowest BCUT2D eigenvalue weighted by Crippen LogP contribution is -2.35. The van der Waals surface area contributed by atoms with E-state index in [-0.39, 0.29) is 16.9 Å². The van der Waals surface area contributed by atoms with E-state index in [1.54, 1.807) is 0 Å². The van der Waals surface area contributed by atoms with E-state index in [0.29, 0.717) is 39.3 Å². The van der Waals surface area contributed by atoms with Crippen LogP contribution in [0.4, 0.5) is 5.95 Å². The third-order valence-electron chi connectivity index (χ3n) is 6.62. The van der Waals surface area contributed by atoms with Gasteiger partial charge >= 0.3 is 0 Å². The second kappa shape index (κ2) is 8.79. The molecule has 1 saturated heterocycles. The number of carbonyl (C=O) groups excluding carboxylic acids is 1. The number of rotatable bonds is 7. The molecule has 0 radical (unpaired) electrons. The standard InChI is InChI=1S/C24H25ClN6O2S/c25-15-5-6-17-18(11-15)34-23-19(22(33)26-7-10-30-8-1-2-9-30)20(32)16-13-28-24(27-12-14-3-4-14)29-21(16)31(17)23/h5-6,11,13-14H,1-4,7-10,12H2,(H,26,33)(H,27,28,29). The molecule has 176 valence electrons. The fraction of sp³-hybridized carbons (Fsp3) is 0.417. The first-order chi connectivity index (χ1) is 16.6. The number of anilines is 1. The summed E-state index contributed by atoms with van der Waals surface area (Å²) in [6, 6.07) is 5.57. The molecule has 0 atom stereocenters. The zero-order chi connectivity index (χ0) is 23.2. The molecular formula is C24H25ClN6O2S. The first-order valence-electron chi connectivity index (χ1n) is 11.8. The van der Waals surface area contributed by atoms with Gasteiger partial charge in [0.05, 0.1) is 15.6 Å². The van der Waals surface area contributed by atoms with Crippen LogP contribution >= 0.6 is 22.9 Å². The van der Waals surface area contributed by atoms with E-state index in [2.05, 4.69) is 20.5 Å². The number of pyridine rings is 1. The van der Waals surface area contributed by atoms with Crippen LogP contribution in [-0.2, 0) is 0 Å². The maximum atomic E-state index is 13.5. The van der Waals surface area contributed by atoms with Crippen molar-refractivity contribution < 1.29 is 4.79 Å². The molecule has 34 heavy (non-hydrogen) atoms. The number of halogens is 1. The molecule has 2 N–H and O–H groups in total. The lowest BCUT2D eigenvalue weighted by Gasteiger charge is -2.15. The van der Waals surface area contributed by atoms with Gasteiger partial charge in [0.1, 0.15) is 10.4 Å². The first-order valence-corrected chi connectivity index (χ1v) is 13.0. The predicted octanol–water partition coefficient (Wildman–Crippen LogP) is 3.76. The third kappa shape index (κ3) is 4.01. The summed E-state index contributed by atoms with van der Waals surface area (Å²) in [5.41, 5.74) is 1.14. The summed E-state index contributed by atoms with van der Waals surface area (Å²) in [5.74, 6) is 0.790. The van der Waals surface area contributed by atoms with E-state index in [1.807, 2.05) is 22.6 Å². The minimum absolute atomic E-state index is 0.133. The van der Waals surface area contributed by atoms with Crippen molar-refractivity contribution in [1.29, 1.82) is 0 Å². The van der Waals surface area contributed by atoms with Gasteiger partial charge in [-0.05, 0) is 62.9 Å². The van der Waals surface area contributed by atoms with Gasteiger partial charge in [-0.1, -0.05) is 11.6 Å². The van der Waals surface area contributed by atoms with Crippen molar-refractivity contribution in [3.63, 3.8) is 0 Å². The predicted molar refractivity (Wildman–Crippen MR) is 136 cm³/mol. The highest BCUT2D eigenvalue weighted by Crippen LogP contribution is 2.33. The smallest absolute Gasteiger partial charge is 0.258 e. The number of likely N-dealkylation sites (tertiary alicyclic amines) is 1. The van der Waals surface area contributed by atoms with Crippen LogP contribution in [0, 0.1) is 5.92 Å². The lowest BCUT2D eigenvalue weighted by molar-refractivity contribution is 0.0950. The molecule has 10 heteroatoms. The highest BCUT2D eigenvalue weighted by molar-refractivity contribution is 7.24. The highest BCUT2D eigenvalue weighted by atomic mass is 35.5. The molecule has 1 amide bonds. The van der Waals surface area contributed by atoms with Crippen LogP contribution in [0.25, 0.3) is 26.1 Å². The Morgan fingerprint density at radius 2 is 2.06 bits per heavy atom. The average molecular weight is 497 g/mol. The fourth-order valence-electron chi connectivity index (χ4n) is 4.59. The molecule has 1 aliphatic carbocycles. The minimum atomic E-state index is -0.364. The van der Waals surface area contributed by atoms with Crippen molar-refractivity contribution in [2.75, 3.05) is 38.0 Å². The van der Waals surface area contributed by atoms with Gasteiger partial charge in [-0.25, -0.2) is 4.98 Å². The largest absolute Gasteiger partial charge is 0.354 e. The summed E-state index contributed by atoms with van der Waals surface area (Å²) in [7, 11) is 0. The SMILES string of the molecule is O=C(NCCN1CCCC1)c1c(=O)c2cnc(NCC3CC3)nc2n2c1sc1cc(Cl)ccc12. The molecule has 4 aromatic rings. The van der Waals surface area contributed by atoms with Crippen LogP contribution in [-0.4, -0.2) is 57.9 Å². The number of hydrogen-bond donors (Lipinski definition) is 2. The molecule has 2 aliphatic rings. The van der Waals surface area contributed by atoms with E-state index in [4.69, 9.17) is 16.6 Å². The summed E-state index contributed by atoms with van der Waals surface area (Å²) >= 11 is 7.63. The molecule has 0 spiro atoms. The molecule has 1 aliphatic heterocycles.